The number of hydrogen-bond donors (Lipinski definition) is 1. The Morgan fingerprint density at radius 3 is 3.17 bits per heavy atom. The van der Waals surface area contributed by atoms with Crippen molar-refractivity contribution in [2.24, 2.45) is 15.7 Å². The molecule has 12 heavy (non-hydrogen) atoms. The van der Waals surface area contributed by atoms with E-state index in [1.165, 1.54) is 0 Å². The second-order valence-corrected chi connectivity index (χ2v) is 3.18. The van der Waals surface area contributed by atoms with Gasteiger partial charge in [-0.1, -0.05) is 6.08 Å². The van der Waals surface area contributed by atoms with Crippen LogP contribution in [0.3, 0.4) is 0 Å². The van der Waals surface area contributed by atoms with Gasteiger partial charge < -0.3 is 10.5 Å². The first-order valence-electron chi connectivity index (χ1n) is 3.76. The molecule has 1 aliphatic heterocycles. The SMILES string of the molecule is C=NC12CC1(N)C=CC(OC)=N2. The molecule has 1 heterocycles. The van der Waals surface area contributed by atoms with Gasteiger partial charge in [-0.15, -0.1) is 0 Å². The van der Waals surface area contributed by atoms with E-state index >= 15 is 0 Å². The van der Waals surface area contributed by atoms with Crippen LogP contribution in [0.4, 0.5) is 0 Å². The van der Waals surface area contributed by atoms with E-state index in [2.05, 4.69) is 16.7 Å². The Morgan fingerprint density at radius 1 is 1.83 bits per heavy atom. The summed E-state index contributed by atoms with van der Waals surface area (Å²) in [6.45, 7) is 3.49. The van der Waals surface area contributed by atoms with Crippen LogP contribution in [0.2, 0.25) is 0 Å². The molecule has 1 saturated carbocycles. The van der Waals surface area contributed by atoms with Crippen LogP contribution >= 0.6 is 0 Å². The Bertz CT molecular complexity index is 297. The molecule has 4 nitrogen and oxygen atoms in total. The first-order valence-corrected chi connectivity index (χ1v) is 3.76. The van der Waals surface area contributed by atoms with Crippen LogP contribution in [0.25, 0.3) is 0 Å². The number of dihydropyridines is 1. The van der Waals surface area contributed by atoms with Crippen molar-refractivity contribution in [3.63, 3.8) is 0 Å². The average molecular weight is 165 g/mol. The predicted molar refractivity (Wildman–Crippen MR) is 47.4 cm³/mol. The maximum Gasteiger partial charge on any atom is 0.210 e. The standard InChI is InChI=1S/C8H11N3O/c1-10-8-5-7(8,9)4-3-6(11-8)12-2/h3-4H,1,5,9H2,2H3. The van der Waals surface area contributed by atoms with Crippen molar-refractivity contribution in [3.8, 4) is 0 Å². The quantitative estimate of drug-likeness (QED) is 0.560. The maximum absolute atomic E-state index is 5.93. The van der Waals surface area contributed by atoms with Crippen LogP contribution in [0.15, 0.2) is 22.1 Å². The fourth-order valence-electron chi connectivity index (χ4n) is 1.49. The van der Waals surface area contributed by atoms with Crippen LogP contribution in [-0.4, -0.2) is 30.9 Å². The molecule has 2 aliphatic rings. The molecule has 2 N–H and O–H groups in total. The Kier molecular flexibility index (Phi) is 1.22. The molecule has 1 aliphatic carbocycles. The van der Waals surface area contributed by atoms with Crippen molar-refractivity contribution in [2.45, 2.75) is 17.6 Å². The van der Waals surface area contributed by atoms with Crippen molar-refractivity contribution >= 4 is 12.6 Å². The Labute approximate surface area is 70.8 Å². The third-order valence-electron chi connectivity index (χ3n) is 2.45. The molecule has 2 unspecified atom stereocenters. The maximum atomic E-state index is 5.93. The molecular formula is C8H11N3O. The molecule has 2 rings (SSSR count). The van der Waals surface area contributed by atoms with E-state index < -0.39 is 11.2 Å². The fourth-order valence-corrected chi connectivity index (χ4v) is 1.49. The van der Waals surface area contributed by atoms with Crippen molar-refractivity contribution in [2.75, 3.05) is 7.11 Å². The summed E-state index contributed by atoms with van der Waals surface area (Å²) < 4.78 is 4.98. The van der Waals surface area contributed by atoms with Gasteiger partial charge in [0.15, 0.2) is 5.66 Å². The fraction of sp³-hybridized carbons (Fsp3) is 0.500. The molecule has 0 amide bonds. The number of hydrogen-bond acceptors (Lipinski definition) is 4. The first-order chi connectivity index (χ1) is 5.66. The molecular weight excluding hydrogens is 154 g/mol. The van der Waals surface area contributed by atoms with Crippen LogP contribution in [0, 0.1) is 0 Å². The van der Waals surface area contributed by atoms with Crippen molar-refractivity contribution in [1.29, 1.82) is 0 Å². The average Bonchev–Trinajstić information content (AvgIpc) is 2.70. The molecule has 64 valence electrons. The normalized spacial score (nSPS) is 43.0. The van der Waals surface area contributed by atoms with E-state index in [-0.39, 0.29) is 0 Å². The van der Waals surface area contributed by atoms with E-state index in [1.54, 1.807) is 13.2 Å². The highest BCUT2D eigenvalue weighted by molar-refractivity contribution is 5.90. The number of rotatable bonds is 1. The van der Waals surface area contributed by atoms with Gasteiger partial charge in [0.25, 0.3) is 0 Å². The Balaban J connectivity index is 2.35. The molecule has 2 atom stereocenters. The van der Waals surface area contributed by atoms with E-state index in [1.807, 2.05) is 6.08 Å². The van der Waals surface area contributed by atoms with Gasteiger partial charge in [-0.2, -0.15) is 0 Å². The number of fused-ring (bicyclic) bond motifs is 1. The molecule has 0 radical (unpaired) electrons. The second-order valence-electron chi connectivity index (χ2n) is 3.18. The number of ether oxygens (including phenoxy) is 1. The van der Waals surface area contributed by atoms with Gasteiger partial charge in [0.1, 0.15) is 0 Å². The Morgan fingerprint density at radius 2 is 2.58 bits per heavy atom. The van der Waals surface area contributed by atoms with E-state index in [9.17, 15) is 0 Å². The first kappa shape index (κ1) is 7.49. The van der Waals surface area contributed by atoms with Gasteiger partial charge in [-0.3, -0.25) is 4.99 Å². The molecule has 0 aromatic heterocycles. The van der Waals surface area contributed by atoms with Crippen molar-refractivity contribution in [3.05, 3.63) is 12.2 Å². The van der Waals surface area contributed by atoms with Crippen molar-refractivity contribution in [1.82, 2.24) is 0 Å². The summed E-state index contributed by atoms with van der Waals surface area (Å²) in [5.41, 5.74) is 4.99. The molecule has 0 aromatic rings. The van der Waals surface area contributed by atoms with Gasteiger partial charge >= 0.3 is 0 Å². The molecule has 0 spiro atoms. The van der Waals surface area contributed by atoms with E-state index in [4.69, 9.17) is 10.5 Å². The molecule has 0 bridgehead atoms. The zero-order chi connectivity index (χ0) is 8.82. The third kappa shape index (κ3) is 0.701. The minimum atomic E-state index is -0.535. The van der Waals surface area contributed by atoms with Gasteiger partial charge in [0.2, 0.25) is 5.90 Å². The topological polar surface area (TPSA) is 60.0 Å². The highest BCUT2D eigenvalue weighted by atomic mass is 16.5. The monoisotopic (exact) mass is 165 g/mol. The van der Waals surface area contributed by atoms with Crippen LogP contribution in [0.5, 0.6) is 0 Å². The van der Waals surface area contributed by atoms with E-state index in [0.29, 0.717) is 5.90 Å². The van der Waals surface area contributed by atoms with Crippen molar-refractivity contribution < 1.29 is 4.74 Å². The lowest BCUT2D eigenvalue weighted by Crippen LogP contribution is -2.33. The summed E-state index contributed by atoms with van der Waals surface area (Å²) in [6.07, 6.45) is 4.39. The third-order valence-corrected chi connectivity index (χ3v) is 2.45. The molecule has 1 fully saturated rings. The lowest BCUT2D eigenvalue weighted by Gasteiger charge is -2.16. The minimum Gasteiger partial charge on any atom is -0.481 e. The summed E-state index contributed by atoms with van der Waals surface area (Å²) in [7, 11) is 1.58. The van der Waals surface area contributed by atoms with Gasteiger partial charge in [-0.25, -0.2) is 4.99 Å². The minimum absolute atomic E-state index is 0.406. The number of nitrogens with zero attached hydrogens (tertiary/aromatic N) is 2. The second kappa shape index (κ2) is 1.95. The number of nitrogens with two attached hydrogens (primary N) is 1. The molecule has 0 saturated heterocycles. The smallest absolute Gasteiger partial charge is 0.210 e. The number of methoxy groups -OCH3 is 1. The summed E-state index contributed by atoms with van der Waals surface area (Å²) in [5.74, 6) is 0.570. The zero-order valence-corrected chi connectivity index (χ0v) is 6.95. The molecule has 0 aromatic carbocycles. The van der Waals surface area contributed by atoms with Gasteiger partial charge in [0.05, 0.1) is 12.6 Å². The highest BCUT2D eigenvalue weighted by Gasteiger charge is 2.66. The summed E-state index contributed by atoms with van der Waals surface area (Å²) >= 11 is 0. The van der Waals surface area contributed by atoms with Crippen LogP contribution in [-0.2, 0) is 4.74 Å². The summed E-state index contributed by atoms with van der Waals surface area (Å²) in [6, 6.07) is 0. The Hall–Kier alpha value is -1.16. The van der Waals surface area contributed by atoms with Crippen LogP contribution in [0.1, 0.15) is 6.42 Å². The highest BCUT2D eigenvalue weighted by Crippen LogP contribution is 2.52. The summed E-state index contributed by atoms with van der Waals surface area (Å²) in [5, 5.41) is 0. The lowest BCUT2D eigenvalue weighted by atomic mass is 10.2. The largest absolute Gasteiger partial charge is 0.481 e. The zero-order valence-electron chi connectivity index (χ0n) is 6.95. The van der Waals surface area contributed by atoms with Gasteiger partial charge in [-0.05, 0) is 12.8 Å². The summed E-state index contributed by atoms with van der Waals surface area (Å²) in [4.78, 5) is 8.18. The van der Waals surface area contributed by atoms with E-state index in [0.717, 1.165) is 6.42 Å². The number of aliphatic imine (C=N–C) groups is 2. The van der Waals surface area contributed by atoms with Gasteiger partial charge in [0, 0.05) is 6.42 Å². The predicted octanol–water partition coefficient (Wildman–Crippen LogP) is 0.0992. The lowest BCUT2D eigenvalue weighted by molar-refractivity contribution is 0.395. The molecule has 4 heteroatoms. The van der Waals surface area contributed by atoms with Crippen LogP contribution < -0.4 is 5.73 Å².